The van der Waals surface area contributed by atoms with Gasteiger partial charge in [-0.15, -0.1) is 11.6 Å². The number of hydrogen-bond acceptors (Lipinski definition) is 0. The van der Waals surface area contributed by atoms with E-state index in [-0.39, 0.29) is 0 Å². The second kappa shape index (κ2) is 10.0. The van der Waals surface area contributed by atoms with E-state index in [4.69, 9.17) is 11.6 Å². The minimum atomic E-state index is 0.628. The molecule has 0 bridgehead atoms. The van der Waals surface area contributed by atoms with Crippen molar-refractivity contribution in [2.24, 2.45) is 0 Å². The number of allylic oxidation sites excluding steroid dienone is 6. The maximum absolute atomic E-state index is 5.53. The second-order valence-corrected chi connectivity index (χ2v) is 4.38. The van der Waals surface area contributed by atoms with E-state index in [0.717, 1.165) is 12.8 Å². The van der Waals surface area contributed by atoms with Crippen LogP contribution < -0.4 is 0 Å². The van der Waals surface area contributed by atoms with Gasteiger partial charge >= 0.3 is 0 Å². The predicted molar refractivity (Wildman–Crippen MR) is 71.5 cm³/mol. The summed E-state index contributed by atoms with van der Waals surface area (Å²) in [6.07, 6.45) is 13.4. The first-order chi connectivity index (χ1) is 7.16. The van der Waals surface area contributed by atoms with Crippen molar-refractivity contribution < 1.29 is 0 Å². The maximum atomic E-state index is 5.53. The molecule has 0 saturated heterocycles. The lowest BCUT2D eigenvalue weighted by Gasteiger charge is -1.98. The Labute approximate surface area is 99.7 Å². The lowest BCUT2D eigenvalue weighted by atomic mass is 10.1. The second-order valence-electron chi connectivity index (χ2n) is 4.07. The van der Waals surface area contributed by atoms with Gasteiger partial charge in [0.25, 0.3) is 0 Å². The average molecular weight is 227 g/mol. The van der Waals surface area contributed by atoms with Crippen LogP contribution in [0.2, 0.25) is 0 Å². The van der Waals surface area contributed by atoms with Crippen LogP contribution in [0, 0.1) is 0 Å². The summed E-state index contributed by atoms with van der Waals surface area (Å²) in [4.78, 5) is 0. The summed E-state index contributed by atoms with van der Waals surface area (Å²) in [5.41, 5.74) is 2.90. The van der Waals surface area contributed by atoms with Crippen molar-refractivity contribution in [1.82, 2.24) is 0 Å². The molecule has 0 aliphatic heterocycles. The molecule has 0 radical (unpaired) electrons. The van der Waals surface area contributed by atoms with Crippen molar-refractivity contribution in [2.75, 3.05) is 5.88 Å². The first-order valence-electron chi connectivity index (χ1n) is 5.66. The van der Waals surface area contributed by atoms with Gasteiger partial charge in [0.1, 0.15) is 0 Å². The van der Waals surface area contributed by atoms with Gasteiger partial charge in [-0.1, -0.05) is 35.5 Å². The van der Waals surface area contributed by atoms with E-state index in [2.05, 4.69) is 39.0 Å². The van der Waals surface area contributed by atoms with Crippen molar-refractivity contribution >= 4 is 11.6 Å². The predicted octanol–water partition coefficient (Wildman–Crippen LogP) is 5.25. The first kappa shape index (κ1) is 14.5. The summed E-state index contributed by atoms with van der Waals surface area (Å²) in [7, 11) is 0. The Morgan fingerprint density at radius 1 is 0.933 bits per heavy atom. The van der Waals surface area contributed by atoms with Crippen molar-refractivity contribution in [2.45, 2.75) is 46.5 Å². The summed E-state index contributed by atoms with van der Waals surface area (Å²) in [5.74, 6) is 0.628. The van der Waals surface area contributed by atoms with Gasteiger partial charge in [-0.3, -0.25) is 0 Å². The molecule has 0 rings (SSSR count). The Kier molecular flexibility index (Phi) is 9.71. The molecule has 0 heterocycles. The molecule has 0 aromatic heterocycles. The third-order valence-corrected chi connectivity index (χ3v) is 2.35. The Bertz CT molecular complexity index is 230. The summed E-state index contributed by atoms with van der Waals surface area (Å²) in [5, 5.41) is 0. The summed E-state index contributed by atoms with van der Waals surface area (Å²) in [6.45, 7) is 6.51. The van der Waals surface area contributed by atoms with E-state index in [0.29, 0.717) is 5.88 Å². The van der Waals surface area contributed by atoms with Gasteiger partial charge < -0.3 is 0 Å². The maximum Gasteiger partial charge on any atom is 0.0404 e. The van der Waals surface area contributed by atoms with Crippen LogP contribution in [0.25, 0.3) is 0 Å². The molecule has 0 unspecified atom stereocenters. The molecule has 1 heteroatoms. The fraction of sp³-hybridized carbons (Fsp3) is 0.571. The van der Waals surface area contributed by atoms with Crippen LogP contribution in [-0.2, 0) is 0 Å². The molecule has 0 aromatic rings. The molecule has 0 aromatic carbocycles. The SMILES string of the molecule is CC(C)=CCC/C(C)=C/CC/C=C/CCl. The van der Waals surface area contributed by atoms with Crippen molar-refractivity contribution in [1.29, 1.82) is 0 Å². The Morgan fingerprint density at radius 2 is 1.67 bits per heavy atom. The minimum absolute atomic E-state index is 0.628. The molecule has 0 aliphatic rings. The lowest BCUT2D eigenvalue weighted by molar-refractivity contribution is 0.936. The molecule has 0 atom stereocenters. The third kappa shape index (κ3) is 11.4. The zero-order valence-corrected chi connectivity index (χ0v) is 11.0. The molecule has 0 fully saturated rings. The minimum Gasteiger partial charge on any atom is -0.122 e. The summed E-state index contributed by atoms with van der Waals surface area (Å²) >= 11 is 5.53. The van der Waals surface area contributed by atoms with Crippen LogP contribution in [0.15, 0.2) is 35.5 Å². The molecule has 0 nitrogen and oxygen atoms in total. The highest BCUT2D eigenvalue weighted by atomic mass is 35.5. The summed E-state index contributed by atoms with van der Waals surface area (Å²) < 4.78 is 0. The van der Waals surface area contributed by atoms with E-state index < -0.39 is 0 Å². The van der Waals surface area contributed by atoms with Gasteiger partial charge in [0, 0.05) is 5.88 Å². The standard InChI is InChI=1S/C14H23Cl/c1-13(2)9-8-11-14(3)10-6-4-5-7-12-15/h5,7,9-10H,4,6,8,11-12H2,1-3H3/b7-5+,14-10+. The van der Waals surface area contributed by atoms with Crippen LogP contribution in [0.5, 0.6) is 0 Å². The van der Waals surface area contributed by atoms with Crippen LogP contribution >= 0.6 is 11.6 Å². The zero-order chi connectivity index (χ0) is 11.5. The molecule has 0 amide bonds. The third-order valence-electron chi connectivity index (χ3n) is 2.17. The Balaban J connectivity index is 3.61. The van der Waals surface area contributed by atoms with E-state index >= 15 is 0 Å². The smallest absolute Gasteiger partial charge is 0.0404 e. The van der Waals surface area contributed by atoms with E-state index in [1.165, 1.54) is 24.0 Å². The molecule has 0 saturated carbocycles. The van der Waals surface area contributed by atoms with Gasteiger partial charge in [-0.25, -0.2) is 0 Å². The topological polar surface area (TPSA) is 0 Å². The van der Waals surface area contributed by atoms with Crippen LogP contribution in [0.4, 0.5) is 0 Å². The quantitative estimate of drug-likeness (QED) is 0.316. The van der Waals surface area contributed by atoms with E-state index in [1.54, 1.807) is 0 Å². The van der Waals surface area contributed by atoms with Crippen molar-refractivity contribution in [3.8, 4) is 0 Å². The zero-order valence-electron chi connectivity index (χ0n) is 10.2. The molecular weight excluding hydrogens is 204 g/mol. The van der Waals surface area contributed by atoms with E-state index in [1.807, 2.05) is 6.08 Å². The number of unbranched alkanes of at least 4 members (excludes halogenated alkanes) is 1. The van der Waals surface area contributed by atoms with Crippen LogP contribution in [0.1, 0.15) is 46.5 Å². The Morgan fingerprint density at radius 3 is 2.27 bits per heavy atom. The Hall–Kier alpha value is -0.490. The summed E-state index contributed by atoms with van der Waals surface area (Å²) in [6, 6.07) is 0. The van der Waals surface area contributed by atoms with Gasteiger partial charge in [0.05, 0.1) is 0 Å². The van der Waals surface area contributed by atoms with Crippen LogP contribution in [-0.4, -0.2) is 5.88 Å². The highest BCUT2D eigenvalue weighted by Gasteiger charge is 1.88. The van der Waals surface area contributed by atoms with Crippen LogP contribution in [0.3, 0.4) is 0 Å². The normalized spacial score (nSPS) is 12.1. The fourth-order valence-corrected chi connectivity index (χ4v) is 1.42. The number of rotatable bonds is 7. The number of alkyl halides is 1. The highest BCUT2D eigenvalue weighted by molar-refractivity contribution is 6.18. The number of halogens is 1. The monoisotopic (exact) mass is 226 g/mol. The van der Waals surface area contributed by atoms with Crippen molar-refractivity contribution in [3.63, 3.8) is 0 Å². The lowest BCUT2D eigenvalue weighted by Crippen LogP contribution is -1.77. The van der Waals surface area contributed by atoms with Crippen molar-refractivity contribution in [3.05, 3.63) is 35.5 Å². The van der Waals surface area contributed by atoms with Gasteiger partial charge in [0.2, 0.25) is 0 Å². The first-order valence-corrected chi connectivity index (χ1v) is 6.20. The largest absolute Gasteiger partial charge is 0.122 e. The molecule has 0 N–H and O–H groups in total. The van der Waals surface area contributed by atoms with Gasteiger partial charge in [-0.05, 0) is 46.5 Å². The molecule has 15 heavy (non-hydrogen) atoms. The molecule has 0 aliphatic carbocycles. The fourth-order valence-electron chi connectivity index (χ4n) is 1.30. The van der Waals surface area contributed by atoms with Gasteiger partial charge in [-0.2, -0.15) is 0 Å². The highest BCUT2D eigenvalue weighted by Crippen LogP contribution is 2.08. The molecule has 86 valence electrons. The number of hydrogen-bond donors (Lipinski definition) is 0. The molecular formula is C14H23Cl. The van der Waals surface area contributed by atoms with Gasteiger partial charge in [0.15, 0.2) is 0 Å². The van der Waals surface area contributed by atoms with E-state index in [9.17, 15) is 0 Å². The average Bonchev–Trinajstić information content (AvgIpc) is 2.17. The molecule has 0 spiro atoms.